The lowest BCUT2D eigenvalue weighted by Crippen LogP contribution is -2.06. The van der Waals surface area contributed by atoms with E-state index in [4.69, 9.17) is 18.9 Å². The molecule has 50 heavy (non-hydrogen) atoms. The van der Waals surface area contributed by atoms with Crippen molar-refractivity contribution in [3.63, 3.8) is 0 Å². The lowest BCUT2D eigenvalue weighted by Gasteiger charge is -2.11. The van der Waals surface area contributed by atoms with Gasteiger partial charge in [-0.2, -0.15) is 0 Å². The van der Waals surface area contributed by atoms with Crippen molar-refractivity contribution in [2.45, 2.75) is 40.5 Å². The predicted molar refractivity (Wildman–Crippen MR) is 198 cm³/mol. The molecule has 0 unspecified atom stereocenters. The Labute approximate surface area is 295 Å². The second-order valence-corrected chi connectivity index (χ2v) is 11.7. The Kier molecular flexibility index (Phi) is 13.7. The van der Waals surface area contributed by atoms with Crippen molar-refractivity contribution in [1.82, 2.24) is 0 Å². The minimum Gasteiger partial charge on any atom is -0.493 e. The Bertz CT molecular complexity index is 1850. The molecule has 4 aromatic carbocycles. The zero-order chi connectivity index (χ0) is 35.9. The van der Waals surface area contributed by atoms with Gasteiger partial charge in [-0.1, -0.05) is 49.0 Å². The molecule has 0 amide bonds. The number of carbonyl (C=O) groups excluding carboxylic acids is 2. The zero-order valence-electron chi connectivity index (χ0n) is 29.2. The quantitative estimate of drug-likeness (QED) is 0.0618. The van der Waals surface area contributed by atoms with Gasteiger partial charge in [0.05, 0.1) is 26.4 Å². The molecule has 0 spiro atoms. The van der Waals surface area contributed by atoms with Crippen molar-refractivity contribution in [1.29, 1.82) is 0 Å². The van der Waals surface area contributed by atoms with Gasteiger partial charge in [0.1, 0.15) is 11.5 Å². The topological polar surface area (TPSA) is 71.1 Å². The Morgan fingerprint density at radius 3 is 1.32 bits per heavy atom. The van der Waals surface area contributed by atoms with Crippen LogP contribution in [0.25, 0.3) is 11.1 Å². The van der Waals surface area contributed by atoms with Gasteiger partial charge in [-0.15, -0.1) is 0 Å². The molecule has 254 valence electrons. The molecule has 0 aliphatic carbocycles. The molecule has 6 heteroatoms. The molecule has 0 saturated carbocycles. The molecule has 0 aliphatic heterocycles. The van der Waals surface area contributed by atoms with Crippen molar-refractivity contribution in [2.24, 2.45) is 0 Å². The summed E-state index contributed by atoms with van der Waals surface area (Å²) < 4.78 is 21.5. The number of carbonyl (C=O) groups is 2. The van der Waals surface area contributed by atoms with Crippen LogP contribution in [-0.4, -0.2) is 38.4 Å². The maximum Gasteiger partial charge on any atom is 0.330 e. The molecule has 0 radical (unpaired) electrons. The van der Waals surface area contributed by atoms with E-state index in [2.05, 4.69) is 87.1 Å². The van der Waals surface area contributed by atoms with Crippen LogP contribution < -0.4 is 9.47 Å². The molecule has 0 N–H and O–H groups in total. The highest BCUT2D eigenvalue weighted by Crippen LogP contribution is 2.28. The number of benzene rings is 4. The van der Waals surface area contributed by atoms with Crippen molar-refractivity contribution in [2.75, 3.05) is 26.4 Å². The molecular weight excluding hydrogens is 624 g/mol. The van der Waals surface area contributed by atoms with Gasteiger partial charge in [0.2, 0.25) is 0 Å². The molecule has 0 atom stereocenters. The fraction of sp³-hybridized carbons (Fsp3) is 0.227. The van der Waals surface area contributed by atoms with Crippen molar-refractivity contribution in [3.05, 3.63) is 143 Å². The summed E-state index contributed by atoms with van der Waals surface area (Å²) in [5.74, 6) is 13.9. The molecule has 0 bridgehead atoms. The first-order valence-electron chi connectivity index (χ1n) is 16.5. The third-order valence-corrected chi connectivity index (χ3v) is 7.76. The minimum absolute atomic E-state index is 0.292. The normalized spacial score (nSPS) is 10.1. The molecule has 0 aliphatic rings. The Balaban J connectivity index is 1.35. The van der Waals surface area contributed by atoms with Crippen LogP contribution in [-0.2, 0) is 19.1 Å². The van der Waals surface area contributed by atoms with Crippen LogP contribution >= 0.6 is 0 Å². The van der Waals surface area contributed by atoms with E-state index in [-0.39, 0.29) is 0 Å². The maximum atomic E-state index is 11.1. The van der Waals surface area contributed by atoms with Crippen molar-refractivity contribution in [3.8, 4) is 46.3 Å². The van der Waals surface area contributed by atoms with Crippen molar-refractivity contribution >= 4 is 11.9 Å². The number of hydrogen-bond donors (Lipinski definition) is 0. The average molecular weight is 667 g/mol. The standard InChI is InChI=1S/C44H42O6/c1-7-43(45)49-25-9-23-47-39-19-17-37(31(3)29-39)15-11-35-13-21-41(33(5)27-35)42-22-14-36(28-34(42)6)12-16-38-18-20-40(30-32(38)4)48-24-10-26-50-44(46)8-2/h7-8,13-14,17-22,27-30H,1-2,9-10,23-26H2,3-6H3. The van der Waals surface area contributed by atoms with E-state index in [0.29, 0.717) is 39.3 Å². The van der Waals surface area contributed by atoms with Crippen LogP contribution in [0.15, 0.2) is 98.1 Å². The molecule has 6 nitrogen and oxygen atoms in total. The van der Waals surface area contributed by atoms with Gasteiger partial charge < -0.3 is 18.9 Å². The van der Waals surface area contributed by atoms with Crippen LogP contribution in [0.5, 0.6) is 11.5 Å². The van der Waals surface area contributed by atoms with E-state index >= 15 is 0 Å². The molecule has 0 saturated heterocycles. The second-order valence-electron chi connectivity index (χ2n) is 11.7. The highest BCUT2D eigenvalue weighted by atomic mass is 16.5. The van der Waals surface area contributed by atoms with Gasteiger partial charge >= 0.3 is 11.9 Å². The average Bonchev–Trinajstić information content (AvgIpc) is 3.10. The van der Waals surface area contributed by atoms with E-state index in [9.17, 15) is 9.59 Å². The summed E-state index contributed by atoms with van der Waals surface area (Å²) in [7, 11) is 0. The summed E-state index contributed by atoms with van der Waals surface area (Å²) in [5, 5.41) is 0. The van der Waals surface area contributed by atoms with Gasteiger partial charge in [0, 0.05) is 47.2 Å². The van der Waals surface area contributed by atoms with E-state index < -0.39 is 11.9 Å². The summed E-state index contributed by atoms with van der Waals surface area (Å²) in [4.78, 5) is 22.2. The smallest absolute Gasteiger partial charge is 0.330 e. The van der Waals surface area contributed by atoms with Gasteiger partial charge in [-0.05, 0) is 122 Å². The SMILES string of the molecule is C=CC(=O)OCCCOc1ccc(C#Cc2ccc(-c3ccc(C#Cc4ccc(OCCCOC(=O)C=C)cc4C)cc3C)c(C)c2)c(C)c1. The van der Waals surface area contributed by atoms with E-state index in [1.54, 1.807) is 0 Å². The first-order valence-corrected chi connectivity index (χ1v) is 16.5. The number of ether oxygens (including phenoxy) is 4. The van der Waals surface area contributed by atoms with E-state index in [0.717, 1.165) is 79.3 Å². The monoisotopic (exact) mass is 666 g/mol. The van der Waals surface area contributed by atoms with Crippen LogP contribution in [0, 0.1) is 51.4 Å². The third kappa shape index (κ3) is 11.0. The maximum absolute atomic E-state index is 11.1. The minimum atomic E-state index is -0.428. The predicted octanol–water partition coefficient (Wildman–Crippen LogP) is 8.38. The molecule has 0 fully saturated rings. The van der Waals surface area contributed by atoms with Crippen molar-refractivity contribution < 1.29 is 28.5 Å². The van der Waals surface area contributed by atoms with Crippen LogP contribution in [0.3, 0.4) is 0 Å². The van der Waals surface area contributed by atoms with E-state index in [1.165, 1.54) is 0 Å². The highest BCUT2D eigenvalue weighted by Gasteiger charge is 2.07. The fourth-order valence-corrected chi connectivity index (χ4v) is 5.06. The van der Waals surface area contributed by atoms with E-state index in [1.807, 2.05) is 50.2 Å². The number of hydrogen-bond acceptors (Lipinski definition) is 6. The summed E-state index contributed by atoms with van der Waals surface area (Å²) in [6.45, 7) is 16.5. The fourth-order valence-electron chi connectivity index (χ4n) is 5.06. The van der Waals surface area contributed by atoms with Crippen LogP contribution in [0.2, 0.25) is 0 Å². The highest BCUT2D eigenvalue weighted by molar-refractivity contribution is 5.81. The summed E-state index contributed by atoms with van der Waals surface area (Å²) in [6.07, 6.45) is 3.50. The molecule has 0 heterocycles. The molecular formula is C44H42O6. The second kappa shape index (κ2) is 18.5. The summed E-state index contributed by atoms with van der Waals surface area (Å²) in [5.41, 5.74) is 10.4. The van der Waals surface area contributed by atoms with Crippen LogP contribution in [0.1, 0.15) is 57.3 Å². The first kappa shape index (κ1) is 36.8. The summed E-state index contributed by atoms with van der Waals surface area (Å²) in [6, 6.07) is 24.3. The van der Waals surface area contributed by atoms with Gasteiger partial charge in [-0.3, -0.25) is 0 Å². The van der Waals surface area contributed by atoms with Gasteiger partial charge in [0.15, 0.2) is 0 Å². The number of aryl methyl sites for hydroxylation is 4. The van der Waals surface area contributed by atoms with Gasteiger partial charge in [-0.25, -0.2) is 9.59 Å². The summed E-state index contributed by atoms with van der Waals surface area (Å²) >= 11 is 0. The number of rotatable bonds is 13. The van der Waals surface area contributed by atoms with Crippen LogP contribution in [0.4, 0.5) is 0 Å². The molecule has 4 rings (SSSR count). The Morgan fingerprint density at radius 1 is 0.540 bits per heavy atom. The zero-order valence-corrected chi connectivity index (χ0v) is 29.2. The molecule has 4 aromatic rings. The third-order valence-electron chi connectivity index (χ3n) is 7.76. The lowest BCUT2D eigenvalue weighted by atomic mass is 9.94. The number of esters is 2. The Hall–Kier alpha value is -5.98. The molecule has 0 aromatic heterocycles. The largest absolute Gasteiger partial charge is 0.493 e. The first-order chi connectivity index (χ1) is 24.2. The lowest BCUT2D eigenvalue weighted by molar-refractivity contribution is -0.138. The Morgan fingerprint density at radius 2 is 0.960 bits per heavy atom. The van der Waals surface area contributed by atoms with Gasteiger partial charge in [0.25, 0.3) is 0 Å².